The maximum Gasteiger partial charge on any atom is 0.736 e. The molecule has 0 aromatic heterocycles. The molecule has 0 bridgehead atoms. The van der Waals surface area contributed by atoms with Crippen LogP contribution < -0.4 is 5.19 Å². The Labute approximate surface area is 127 Å². The average Bonchev–Trinajstić information content (AvgIpc) is 2.27. The quantitative estimate of drug-likeness (QED) is 0.570. The summed E-state index contributed by atoms with van der Waals surface area (Å²) in [5, 5.41) is 0.837. The molecule has 0 aliphatic rings. The second kappa shape index (κ2) is 7.76. The first-order chi connectivity index (χ1) is 8.85. The van der Waals surface area contributed by atoms with Crippen LogP contribution in [0, 0.1) is 0 Å². The van der Waals surface area contributed by atoms with Gasteiger partial charge in [-0.05, 0) is 31.7 Å². The van der Waals surface area contributed by atoms with Crippen molar-refractivity contribution >= 4 is 25.0 Å². The van der Waals surface area contributed by atoms with Gasteiger partial charge >= 0.3 is 8.80 Å². The van der Waals surface area contributed by atoms with E-state index in [1.807, 2.05) is 30.3 Å². The van der Waals surface area contributed by atoms with Crippen molar-refractivity contribution in [3.8, 4) is 0 Å². The topological polar surface area (TPSA) is 27.7 Å². The maximum absolute atomic E-state index is 5.82. The Hall–Kier alpha value is -1.73. The summed E-state index contributed by atoms with van der Waals surface area (Å²) in [7, 11) is -3.16. The Bertz CT molecular complexity index is 442. The van der Waals surface area contributed by atoms with Gasteiger partial charge in [0.15, 0.2) is 0 Å². The van der Waals surface area contributed by atoms with Gasteiger partial charge in [0.05, 0.1) is 22.5 Å². The zero-order chi connectivity index (χ0) is 14.5. The predicted molar refractivity (Wildman–Crippen MR) is 90.9 cm³/mol. The molecule has 0 unspecified atom stereocenters. The third kappa shape index (κ3) is 5.10. The Morgan fingerprint density at radius 1 is 0.800 bits per heavy atom. The minimum Gasteiger partial charge on any atom is -0.485 e. The highest BCUT2D eigenvalue weighted by Crippen LogP contribution is 2.20. The summed E-state index contributed by atoms with van der Waals surface area (Å²) < 4.78 is 17.5. The van der Waals surface area contributed by atoms with Gasteiger partial charge < -0.3 is 13.3 Å². The molecule has 0 saturated carbocycles. The number of hydrogen-bond donors (Lipinski definition) is 0. The van der Waals surface area contributed by atoms with Gasteiger partial charge in [-0.15, -0.1) is 0 Å². The van der Waals surface area contributed by atoms with Crippen LogP contribution in [0.15, 0.2) is 67.3 Å². The standard InChI is InChI=1S/C15H20O3Si.H4Si/c1-12(2)16-19(17-13(3)4,18-14(5)6)15-10-8-7-9-11-15;/h7-11H,1,3,5H2,2,4,6H3;1H4. The highest BCUT2D eigenvalue weighted by Gasteiger charge is 2.51. The predicted octanol–water partition coefficient (Wildman–Crippen LogP) is 2.03. The van der Waals surface area contributed by atoms with Crippen LogP contribution in [0.3, 0.4) is 0 Å². The van der Waals surface area contributed by atoms with Gasteiger partial charge in [0.2, 0.25) is 0 Å². The first kappa shape index (κ1) is 18.3. The highest BCUT2D eigenvalue weighted by molar-refractivity contribution is 6.76. The molecule has 0 amide bonds. The van der Waals surface area contributed by atoms with E-state index >= 15 is 0 Å². The summed E-state index contributed by atoms with van der Waals surface area (Å²) in [6.07, 6.45) is 0. The van der Waals surface area contributed by atoms with Crippen LogP contribution in [0.4, 0.5) is 0 Å². The average molecular weight is 309 g/mol. The van der Waals surface area contributed by atoms with E-state index in [1.54, 1.807) is 20.8 Å². The molecule has 1 aromatic rings. The van der Waals surface area contributed by atoms with Crippen LogP contribution in [-0.4, -0.2) is 19.8 Å². The van der Waals surface area contributed by atoms with Gasteiger partial charge in [0.1, 0.15) is 0 Å². The van der Waals surface area contributed by atoms with Crippen molar-refractivity contribution in [2.24, 2.45) is 0 Å². The Balaban J connectivity index is 0.00000361. The molecule has 1 aromatic carbocycles. The molecule has 5 heteroatoms. The zero-order valence-corrected chi connectivity index (χ0v) is 12.7. The second-order valence-corrected chi connectivity index (χ2v) is 6.64. The van der Waals surface area contributed by atoms with Crippen LogP contribution in [0.5, 0.6) is 0 Å². The van der Waals surface area contributed by atoms with Crippen LogP contribution in [0.1, 0.15) is 20.8 Å². The minimum atomic E-state index is -3.16. The van der Waals surface area contributed by atoms with Crippen LogP contribution in [0.2, 0.25) is 0 Å². The fourth-order valence-electron chi connectivity index (χ4n) is 1.57. The lowest BCUT2D eigenvalue weighted by Crippen LogP contribution is -2.55. The molecule has 0 atom stereocenters. The van der Waals surface area contributed by atoms with E-state index in [-0.39, 0.29) is 11.0 Å². The van der Waals surface area contributed by atoms with Gasteiger partial charge in [-0.3, -0.25) is 0 Å². The molecule has 0 saturated heterocycles. The normalized spacial score (nSPS) is 9.95. The molecule has 0 radical (unpaired) electrons. The number of allylic oxidation sites excluding steroid dienone is 3. The van der Waals surface area contributed by atoms with Crippen molar-refractivity contribution in [1.29, 1.82) is 0 Å². The van der Waals surface area contributed by atoms with Gasteiger partial charge in [0.25, 0.3) is 0 Å². The molecule has 110 valence electrons. The fraction of sp³-hybridized carbons (Fsp3) is 0.200. The monoisotopic (exact) mass is 308 g/mol. The van der Waals surface area contributed by atoms with Gasteiger partial charge in [-0.25, -0.2) is 0 Å². The van der Waals surface area contributed by atoms with E-state index in [2.05, 4.69) is 19.7 Å². The van der Waals surface area contributed by atoms with Crippen molar-refractivity contribution < 1.29 is 13.3 Å². The van der Waals surface area contributed by atoms with Crippen molar-refractivity contribution in [1.82, 2.24) is 0 Å². The lowest BCUT2D eigenvalue weighted by Gasteiger charge is -2.30. The summed E-state index contributed by atoms with van der Waals surface area (Å²) in [4.78, 5) is 0. The summed E-state index contributed by atoms with van der Waals surface area (Å²) in [6.45, 7) is 16.6. The molecule has 0 N–H and O–H groups in total. The van der Waals surface area contributed by atoms with E-state index in [4.69, 9.17) is 13.3 Å². The molecule has 0 heterocycles. The molecule has 3 nitrogen and oxygen atoms in total. The zero-order valence-electron chi connectivity index (χ0n) is 11.7. The van der Waals surface area contributed by atoms with Gasteiger partial charge in [-0.1, -0.05) is 50.1 Å². The largest absolute Gasteiger partial charge is 0.736 e. The Kier molecular flexibility index (Phi) is 7.09. The summed E-state index contributed by atoms with van der Waals surface area (Å²) in [6, 6.07) is 9.54. The van der Waals surface area contributed by atoms with Crippen LogP contribution in [-0.2, 0) is 13.3 Å². The van der Waals surface area contributed by atoms with Crippen molar-refractivity contribution in [2.45, 2.75) is 20.8 Å². The third-order valence-electron chi connectivity index (χ3n) is 2.05. The number of hydrogen-bond acceptors (Lipinski definition) is 3. The maximum atomic E-state index is 5.82. The Morgan fingerprint density at radius 3 is 1.45 bits per heavy atom. The fourth-order valence-corrected chi connectivity index (χ4v) is 4.03. The lowest BCUT2D eigenvalue weighted by atomic mass is 10.4. The number of rotatable bonds is 7. The molecule has 1 rings (SSSR count). The molecular weight excluding hydrogens is 284 g/mol. The third-order valence-corrected chi connectivity index (χ3v) is 4.95. The van der Waals surface area contributed by atoms with Gasteiger partial charge in [-0.2, -0.15) is 0 Å². The van der Waals surface area contributed by atoms with Crippen molar-refractivity contribution in [3.05, 3.63) is 67.3 Å². The second-order valence-electron chi connectivity index (χ2n) is 4.33. The summed E-state index contributed by atoms with van der Waals surface area (Å²) in [5.41, 5.74) is 0. The molecular formula is C15H24O3Si2. The van der Waals surface area contributed by atoms with Gasteiger partial charge in [0, 0.05) is 0 Å². The molecule has 0 aliphatic heterocycles. The number of benzene rings is 1. The Morgan fingerprint density at radius 2 is 1.15 bits per heavy atom. The highest BCUT2D eigenvalue weighted by atomic mass is 28.4. The van der Waals surface area contributed by atoms with E-state index in [0.29, 0.717) is 17.3 Å². The molecule has 0 aliphatic carbocycles. The van der Waals surface area contributed by atoms with E-state index in [0.717, 1.165) is 5.19 Å². The molecule has 0 spiro atoms. The molecule has 20 heavy (non-hydrogen) atoms. The minimum absolute atomic E-state index is 0. The van der Waals surface area contributed by atoms with E-state index < -0.39 is 8.80 Å². The smallest absolute Gasteiger partial charge is 0.485 e. The summed E-state index contributed by atoms with van der Waals surface area (Å²) >= 11 is 0. The van der Waals surface area contributed by atoms with Crippen LogP contribution in [0.25, 0.3) is 0 Å². The van der Waals surface area contributed by atoms with Crippen molar-refractivity contribution in [3.63, 3.8) is 0 Å². The SMILES string of the molecule is C=C(C)O[Si](OC(=C)C)(OC(=C)C)c1ccccc1.[SiH4]. The first-order valence-electron chi connectivity index (χ1n) is 5.95. The van der Waals surface area contributed by atoms with E-state index in [9.17, 15) is 0 Å². The van der Waals surface area contributed by atoms with Crippen molar-refractivity contribution in [2.75, 3.05) is 0 Å². The molecule has 0 fully saturated rings. The lowest BCUT2D eigenvalue weighted by molar-refractivity contribution is 0.161. The van der Waals surface area contributed by atoms with E-state index in [1.165, 1.54) is 0 Å². The van der Waals surface area contributed by atoms with Crippen LogP contribution >= 0.6 is 0 Å². The first-order valence-corrected chi connectivity index (χ1v) is 7.67. The summed E-state index contributed by atoms with van der Waals surface area (Å²) in [5.74, 6) is 1.58.